The van der Waals surface area contributed by atoms with Gasteiger partial charge in [-0.15, -0.1) is 0 Å². The van der Waals surface area contributed by atoms with Crippen LogP contribution in [0, 0.1) is 0 Å². The molecule has 0 bridgehead atoms. The summed E-state index contributed by atoms with van der Waals surface area (Å²) in [6.07, 6.45) is 5.18. The molecule has 3 heteroatoms. The molecule has 1 heterocycles. The van der Waals surface area contributed by atoms with Crippen LogP contribution in [0.15, 0.2) is 0 Å². The average Bonchev–Trinajstić information content (AvgIpc) is 2.29. The molecule has 0 aromatic rings. The molecule has 88 valence electrons. The minimum Gasteiger partial charge on any atom is -0.328 e. The van der Waals surface area contributed by atoms with Crippen molar-refractivity contribution in [3.8, 4) is 0 Å². The van der Waals surface area contributed by atoms with Gasteiger partial charge in [-0.25, -0.2) is 0 Å². The van der Waals surface area contributed by atoms with Crippen molar-refractivity contribution in [2.75, 3.05) is 32.7 Å². The zero-order valence-electron chi connectivity index (χ0n) is 9.99. The Bertz CT molecular complexity index is 187. The van der Waals surface area contributed by atoms with Gasteiger partial charge >= 0.3 is 0 Å². The van der Waals surface area contributed by atoms with Gasteiger partial charge in [0, 0.05) is 38.3 Å². The number of rotatable bonds is 2. The van der Waals surface area contributed by atoms with Crippen LogP contribution >= 0.6 is 0 Å². The molecule has 2 atom stereocenters. The van der Waals surface area contributed by atoms with E-state index in [-0.39, 0.29) is 0 Å². The van der Waals surface area contributed by atoms with Crippen molar-refractivity contribution in [1.82, 2.24) is 9.80 Å². The highest BCUT2D eigenvalue weighted by Gasteiger charge is 2.27. The van der Waals surface area contributed by atoms with Gasteiger partial charge in [-0.2, -0.15) is 0 Å². The van der Waals surface area contributed by atoms with Gasteiger partial charge in [-0.1, -0.05) is 13.3 Å². The Balaban J connectivity index is 1.79. The summed E-state index contributed by atoms with van der Waals surface area (Å²) in [6.45, 7) is 8.48. The lowest BCUT2D eigenvalue weighted by atomic mass is 9.90. The van der Waals surface area contributed by atoms with E-state index >= 15 is 0 Å². The number of likely N-dealkylation sites (N-methyl/N-ethyl adjacent to an activating group) is 1. The first-order valence-corrected chi connectivity index (χ1v) is 6.51. The fraction of sp³-hybridized carbons (Fsp3) is 1.00. The summed E-state index contributed by atoms with van der Waals surface area (Å²) in [5.41, 5.74) is 6.05. The summed E-state index contributed by atoms with van der Waals surface area (Å²) < 4.78 is 0. The molecule has 2 N–H and O–H groups in total. The molecule has 0 amide bonds. The summed E-state index contributed by atoms with van der Waals surface area (Å²) >= 11 is 0. The Labute approximate surface area is 93.6 Å². The standard InChI is InChI=1S/C12H25N3/c1-2-14-6-8-15(9-7-14)12-5-3-4-11(13)10-12/h11-12H,2-10,13H2,1H3/t11?,12-/m1/s1. The molecule has 0 aromatic carbocycles. The zero-order chi connectivity index (χ0) is 10.7. The molecule has 1 saturated heterocycles. The van der Waals surface area contributed by atoms with Crippen LogP contribution in [-0.2, 0) is 0 Å². The number of hydrogen-bond donors (Lipinski definition) is 1. The maximum atomic E-state index is 6.05. The summed E-state index contributed by atoms with van der Waals surface area (Å²) in [5, 5.41) is 0. The fourth-order valence-electron chi connectivity index (χ4n) is 2.98. The van der Waals surface area contributed by atoms with Crippen LogP contribution in [0.2, 0.25) is 0 Å². The van der Waals surface area contributed by atoms with Crippen LogP contribution < -0.4 is 5.73 Å². The first-order valence-electron chi connectivity index (χ1n) is 6.51. The third kappa shape index (κ3) is 2.92. The van der Waals surface area contributed by atoms with Crippen molar-refractivity contribution in [2.45, 2.75) is 44.7 Å². The number of nitrogens with zero attached hydrogens (tertiary/aromatic N) is 2. The van der Waals surface area contributed by atoms with E-state index in [0.717, 1.165) is 6.04 Å². The molecule has 1 saturated carbocycles. The molecule has 0 aromatic heterocycles. The highest BCUT2D eigenvalue weighted by molar-refractivity contribution is 4.84. The third-order valence-corrected chi connectivity index (χ3v) is 4.06. The van der Waals surface area contributed by atoms with Crippen LogP contribution in [0.4, 0.5) is 0 Å². The Morgan fingerprint density at radius 1 is 1.13 bits per heavy atom. The van der Waals surface area contributed by atoms with E-state index in [2.05, 4.69) is 16.7 Å². The van der Waals surface area contributed by atoms with E-state index < -0.39 is 0 Å². The van der Waals surface area contributed by atoms with Crippen LogP contribution in [0.1, 0.15) is 32.6 Å². The van der Waals surface area contributed by atoms with Crippen molar-refractivity contribution >= 4 is 0 Å². The van der Waals surface area contributed by atoms with E-state index in [1.807, 2.05) is 0 Å². The predicted molar refractivity (Wildman–Crippen MR) is 63.9 cm³/mol. The number of nitrogens with two attached hydrogens (primary N) is 1. The number of piperazine rings is 1. The van der Waals surface area contributed by atoms with E-state index in [1.165, 1.54) is 58.4 Å². The van der Waals surface area contributed by atoms with Gasteiger partial charge in [0.2, 0.25) is 0 Å². The molecule has 2 aliphatic rings. The lowest BCUT2D eigenvalue weighted by Crippen LogP contribution is -2.52. The van der Waals surface area contributed by atoms with Gasteiger partial charge in [0.05, 0.1) is 0 Å². The summed E-state index contributed by atoms with van der Waals surface area (Å²) in [5.74, 6) is 0. The zero-order valence-corrected chi connectivity index (χ0v) is 9.99. The topological polar surface area (TPSA) is 32.5 Å². The Morgan fingerprint density at radius 2 is 1.87 bits per heavy atom. The van der Waals surface area contributed by atoms with Gasteiger partial charge in [0.15, 0.2) is 0 Å². The second-order valence-corrected chi connectivity index (χ2v) is 5.05. The van der Waals surface area contributed by atoms with Gasteiger partial charge in [-0.05, 0) is 25.8 Å². The van der Waals surface area contributed by atoms with E-state index in [0.29, 0.717) is 6.04 Å². The van der Waals surface area contributed by atoms with Gasteiger partial charge in [0.1, 0.15) is 0 Å². The Morgan fingerprint density at radius 3 is 2.47 bits per heavy atom. The van der Waals surface area contributed by atoms with Crippen LogP contribution in [0.25, 0.3) is 0 Å². The van der Waals surface area contributed by atoms with Crippen molar-refractivity contribution in [1.29, 1.82) is 0 Å². The Hall–Kier alpha value is -0.120. The van der Waals surface area contributed by atoms with Crippen LogP contribution in [0.3, 0.4) is 0 Å². The molecular weight excluding hydrogens is 186 g/mol. The van der Waals surface area contributed by atoms with Gasteiger partial charge < -0.3 is 10.6 Å². The maximum Gasteiger partial charge on any atom is 0.0113 e. The van der Waals surface area contributed by atoms with Crippen LogP contribution in [-0.4, -0.2) is 54.6 Å². The Kier molecular flexibility index (Phi) is 4.00. The monoisotopic (exact) mass is 211 g/mol. The predicted octanol–water partition coefficient (Wildman–Crippen LogP) is 0.894. The van der Waals surface area contributed by atoms with Crippen molar-refractivity contribution in [3.05, 3.63) is 0 Å². The minimum absolute atomic E-state index is 0.466. The lowest BCUT2D eigenvalue weighted by molar-refractivity contribution is 0.0778. The fourth-order valence-corrected chi connectivity index (χ4v) is 2.98. The summed E-state index contributed by atoms with van der Waals surface area (Å²) in [7, 11) is 0. The average molecular weight is 211 g/mol. The normalized spacial score (nSPS) is 35.6. The van der Waals surface area contributed by atoms with E-state index in [9.17, 15) is 0 Å². The van der Waals surface area contributed by atoms with Gasteiger partial charge in [-0.3, -0.25) is 4.90 Å². The third-order valence-electron chi connectivity index (χ3n) is 4.06. The first-order chi connectivity index (χ1) is 7.29. The van der Waals surface area contributed by atoms with Crippen molar-refractivity contribution < 1.29 is 0 Å². The van der Waals surface area contributed by atoms with Gasteiger partial charge in [0.25, 0.3) is 0 Å². The smallest absolute Gasteiger partial charge is 0.0113 e. The molecule has 3 nitrogen and oxygen atoms in total. The second-order valence-electron chi connectivity index (χ2n) is 5.05. The molecule has 1 aliphatic carbocycles. The molecule has 2 fully saturated rings. The molecule has 0 spiro atoms. The highest BCUT2D eigenvalue weighted by Crippen LogP contribution is 2.22. The van der Waals surface area contributed by atoms with Crippen molar-refractivity contribution in [3.63, 3.8) is 0 Å². The highest BCUT2D eigenvalue weighted by atomic mass is 15.3. The largest absolute Gasteiger partial charge is 0.328 e. The van der Waals surface area contributed by atoms with E-state index in [4.69, 9.17) is 5.73 Å². The summed E-state index contributed by atoms with van der Waals surface area (Å²) in [4.78, 5) is 5.21. The summed E-state index contributed by atoms with van der Waals surface area (Å²) in [6, 6.07) is 1.25. The quantitative estimate of drug-likeness (QED) is 0.736. The molecule has 15 heavy (non-hydrogen) atoms. The first kappa shape index (κ1) is 11.4. The molecule has 1 aliphatic heterocycles. The number of hydrogen-bond acceptors (Lipinski definition) is 3. The lowest BCUT2D eigenvalue weighted by Gasteiger charge is -2.41. The SMILES string of the molecule is CCN1CCN([C@@H]2CCCC(N)C2)CC1. The maximum absolute atomic E-state index is 6.05. The minimum atomic E-state index is 0.466. The molecular formula is C12H25N3. The van der Waals surface area contributed by atoms with Crippen molar-refractivity contribution in [2.24, 2.45) is 5.73 Å². The molecule has 1 unspecified atom stereocenters. The molecule has 0 radical (unpaired) electrons. The molecule has 2 rings (SSSR count). The van der Waals surface area contributed by atoms with E-state index in [1.54, 1.807) is 0 Å². The second kappa shape index (κ2) is 5.28. The van der Waals surface area contributed by atoms with Crippen LogP contribution in [0.5, 0.6) is 0 Å².